The van der Waals surface area contributed by atoms with Gasteiger partial charge in [-0.3, -0.25) is 9.48 Å². The van der Waals surface area contributed by atoms with Crippen molar-refractivity contribution in [1.29, 1.82) is 0 Å². The molecule has 0 N–H and O–H groups in total. The van der Waals surface area contributed by atoms with Crippen molar-refractivity contribution in [2.45, 2.75) is 42.8 Å². The van der Waals surface area contributed by atoms with Gasteiger partial charge in [-0.1, -0.05) is 24.3 Å². The highest BCUT2D eigenvalue weighted by Crippen LogP contribution is 2.30. The lowest BCUT2D eigenvalue weighted by Gasteiger charge is -2.23. The van der Waals surface area contributed by atoms with Crippen LogP contribution in [0.2, 0.25) is 0 Å². The van der Waals surface area contributed by atoms with Crippen molar-refractivity contribution in [1.82, 2.24) is 14.7 Å². The number of fused-ring (bicyclic) bond motifs is 1. The molecule has 1 saturated carbocycles. The van der Waals surface area contributed by atoms with Crippen molar-refractivity contribution in [3.63, 3.8) is 0 Å². The first kappa shape index (κ1) is 24.1. The molecule has 10 heteroatoms. The fraction of sp³-hybridized carbons (Fsp3) is 0.231. The third kappa shape index (κ3) is 5.13. The van der Waals surface area contributed by atoms with Crippen LogP contribution in [0.5, 0.6) is 0 Å². The van der Waals surface area contributed by atoms with Gasteiger partial charge in [0, 0.05) is 18.0 Å². The molecule has 186 valence electrons. The Morgan fingerprint density at radius 2 is 1.61 bits per heavy atom. The Balaban J connectivity index is 1.46. The summed E-state index contributed by atoms with van der Waals surface area (Å²) in [6.45, 7) is -0.0325. The quantitative estimate of drug-likeness (QED) is 0.345. The van der Waals surface area contributed by atoms with Gasteiger partial charge < -0.3 is 4.90 Å². The normalized spacial score (nSPS) is 13.8. The number of carbonyl (C=O) groups excluding carboxylic acids is 1. The van der Waals surface area contributed by atoms with Crippen LogP contribution in [0, 0.1) is 17.5 Å². The van der Waals surface area contributed by atoms with Gasteiger partial charge in [0.2, 0.25) is 15.7 Å². The molecule has 1 amide bonds. The molecule has 3 aromatic carbocycles. The Kier molecular flexibility index (Phi) is 6.29. The molecule has 1 heterocycles. The minimum atomic E-state index is -4.04. The van der Waals surface area contributed by atoms with Crippen molar-refractivity contribution in [3.05, 3.63) is 95.3 Å². The maximum absolute atomic E-state index is 14.1. The molecular weight excluding hydrogens is 491 g/mol. The molecule has 1 fully saturated rings. The maximum atomic E-state index is 14.1. The van der Waals surface area contributed by atoms with E-state index in [1.165, 1.54) is 41.1 Å². The second-order valence-electron chi connectivity index (χ2n) is 8.89. The van der Waals surface area contributed by atoms with Gasteiger partial charge >= 0.3 is 0 Å². The van der Waals surface area contributed by atoms with Gasteiger partial charge in [-0.15, -0.1) is 0 Å². The molecule has 0 radical (unpaired) electrons. The van der Waals surface area contributed by atoms with Crippen molar-refractivity contribution in [2.75, 3.05) is 0 Å². The monoisotopic (exact) mass is 513 g/mol. The van der Waals surface area contributed by atoms with E-state index < -0.39 is 27.2 Å². The van der Waals surface area contributed by atoms with Crippen LogP contribution in [0.15, 0.2) is 71.8 Å². The first-order valence-corrected chi connectivity index (χ1v) is 13.0. The summed E-state index contributed by atoms with van der Waals surface area (Å²) in [5.74, 6) is -2.35. The summed E-state index contributed by atoms with van der Waals surface area (Å²) in [4.78, 5) is 14.9. The first-order valence-electron chi connectivity index (χ1n) is 11.4. The van der Waals surface area contributed by atoms with Crippen LogP contribution in [-0.2, 0) is 33.5 Å². The average Bonchev–Trinajstić information content (AvgIpc) is 3.60. The molecule has 1 aromatic heterocycles. The van der Waals surface area contributed by atoms with Crippen LogP contribution in [0.1, 0.15) is 24.0 Å². The van der Waals surface area contributed by atoms with E-state index in [4.69, 9.17) is 0 Å². The van der Waals surface area contributed by atoms with E-state index >= 15 is 0 Å². The summed E-state index contributed by atoms with van der Waals surface area (Å²) >= 11 is 0. The predicted molar refractivity (Wildman–Crippen MR) is 127 cm³/mol. The number of hydrogen-bond donors (Lipinski definition) is 0. The summed E-state index contributed by atoms with van der Waals surface area (Å²) < 4.78 is 68.6. The van der Waals surface area contributed by atoms with Crippen molar-refractivity contribution in [3.8, 4) is 0 Å². The maximum Gasteiger partial charge on any atom is 0.244 e. The van der Waals surface area contributed by atoms with E-state index in [2.05, 4.69) is 5.10 Å². The number of nitrogens with zero attached hydrogens (tertiary/aromatic N) is 3. The van der Waals surface area contributed by atoms with Gasteiger partial charge in [0.25, 0.3) is 0 Å². The number of rotatable bonds is 8. The fourth-order valence-corrected chi connectivity index (χ4v) is 5.68. The lowest BCUT2D eigenvalue weighted by molar-refractivity contribution is -0.133. The second kappa shape index (κ2) is 9.42. The Bertz CT molecular complexity index is 1550. The van der Waals surface area contributed by atoms with E-state index in [0.29, 0.717) is 0 Å². The summed E-state index contributed by atoms with van der Waals surface area (Å²) in [5, 5.41) is 4.09. The molecule has 0 unspecified atom stereocenters. The van der Waals surface area contributed by atoms with E-state index in [1.54, 1.807) is 17.0 Å². The molecule has 0 aliphatic heterocycles. The molecule has 1 aliphatic carbocycles. The Labute approximate surface area is 205 Å². The number of sulfone groups is 1. The fourth-order valence-electron chi connectivity index (χ4n) is 4.19. The van der Waals surface area contributed by atoms with Gasteiger partial charge in [0.15, 0.2) is 5.03 Å². The van der Waals surface area contributed by atoms with Crippen LogP contribution < -0.4 is 0 Å². The summed E-state index contributed by atoms with van der Waals surface area (Å²) in [6, 6.07) is 14.7. The molecule has 0 bridgehead atoms. The molecule has 4 aromatic rings. The highest BCUT2D eigenvalue weighted by molar-refractivity contribution is 7.90. The standard InChI is InChI=1S/C26H22F3N3O3S/c27-19-6-4-17(5-7-19)14-31(22-9-10-22)25(33)15-32-24-13-21(29)8-11-23(24)26(30-32)36(34,35)16-18-2-1-3-20(28)12-18/h1-8,11-13,22H,9-10,14-16H2. The topological polar surface area (TPSA) is 72.3 Å². The van der Waals surface area contributed by atoms with E-state index in [-0.39, 0.29) is 52.3 Å². The van der Waals surface area contributed by atoms with Crippen LogP contribution in [0.25, 0.3) is 10.9 Å². The molecular formula is C26H22F3N3O3S. The minimum Gasteiger partial charge on any atom is -0.334 e. The van der Waals surface area contributed by atoms with Gasteiger partial charge in [-0.25, -0.2) is 21.6 Å². The average molecular weight is 514 g/mol. The van der Waals surface area contributed by atoms with E-state index in [9.17, 15) is 26.4 Å². The Hall–Kier alpha value is -3.66. The zero-order valence-corrected chi connectivity index (χ0v) is 19.9. The van der Waals surface area contributed by atoms with Gasteiger partial charge in [-0.05, 0) is 66.4 Å². The number of hydrogen-bond acceptors (Lipinski definition) is 4. The van der Waals surface area contributed by atoms with Crippen LogP contribution in [-0.4, -0.2) is 35.0 Å². The van der Waals surface area contributed by atoms with Crippen LogP contribution in [0.3, 0.4) is 0 Å². The number of carbonyl (C=O) groups is 1. The van der Waals surface area contributed by atoms with E-state index in [1.807, 2.05) is 0 Å². The predicted octanol–water partition coefficient (Wildman–Crippen LogP) is 4.62. The highest BCUT2D eigenvalue weighted by atomic mass is 32.2. The molecule has 0 spiro atoms. The molecule has 1 aliphatic rings. The number of benzene rings is 3. The van der Waals surface area contributed by atoms with Crippen molar-refractivity contribution < 1.29 is 26.4 Å². The van der Waals surface area contributed by atoms with E-state index in [0.717, 1.165) is 36.6 Å². The van der Waals surface area contributed by atoms with Gasteiger partial charge in [0.05, 0.1) is 11.3 Å². The lowest BCUT2D eigenvalue weighted by atomic mass is 10.2. The number of halogens is 3. The largest absolute Gasteiger partial charge is 0.334 e. The summed E-state index contributed by atoms with van der Waals surface area (Å²) in [6.07, 6.45) is 1.66. The third-order valence-corrected chi connectivity index (χ3v) is 7.68. The highest BCUT2D eigenvalue weighted by Gasteiger charge is 2.33. The molecule has 0 atom stereocenters. The Morgan fingerprint density at radius 1 is 0.917 bits per heavy atom. The molecule has 0 saturated heterocycles. The first-order chi connectivity index (χ1) is 17.2. The summed E-state index contributed by atoms with van der Waals surface area (Å²) in [5.41, 5.74) is 1.17. The zero-order valence-electron chi connectivity index (χ0n) is 19.1. The Morgan fingerprint density at radius 3 is 2.31 bits per heavy atom. The lowest BCUT2D eigenvalue weighted by Crippen LogP contribution is -2.35. The third-order valence-electron chi connectivity index (χ3n) is 6.08. The molecule has 5 rings (SSSR count). The van der Waals surface area contributed by atoms with Crippen molar-refractivity contribution in [2.24, 2.45) is 0 Å². The number of amides is 1. The van der Waals surface area contributed by atoms with Crippen LogP contribution in [0.4, 0.5) is 13.2 Å². The smallest absolute Gasteiger partial charge is 0.244 e. The molecule has 6 nitrogen and oxygen atoms in total. The van der Waals surface area contributed by atoms with Crippen LogP contribution >= 0.6 is 0 Å². The number of aromatic nitrogens is 2. The zero-order chi connectivity index (χ0) is 25.4. The van der Waals surface area contributed by atoms with Crippen molar-refractivity contribution >= 4 is 26.6 Å². The molecule has 36 heavy (non-hydrogen) atoms. The summed E-state index contributed by atoms with van der Waals surface area (Å²) in [7, 11) is -4.04. The van der Waals surface area contributed by atoms with Gasteiger partial charge in [0.1, 0.15) is 24.0 Å². The minimum absolute atomic E-state index is 0.0253. The van der Waals surface area contributed by atoms with Gasteiger partial charge in [-0.2, -0.15) is 5.10 Å². The SMILES string of the molecule is O=C(Cn1nc(S(=O)(=O)Cc2cccc(F)c2)c2ccc(F)cc21)N(Cc1ccc(F)cc1)C1CC1. The second-order valence-corrected chi connectivity index (χ2v) is 10.8.